The first-order chi connectivity index (χ1) is 7.02. The Morgan fingerprint density at radius 1 is 1.20 bits per heavy atom. The Morgan fingerprint density at radius 2 is 1.87 bits per heavy atom. The van der Waals surface area contributed by atoms with Crippen LogP contribution in [0.25, 0.3) is 0 Å². The second kappa shape index (κ2) is 6.70. The Morgan fingerprint density at radius 3 is 2.47 bits per heavy atom. The lowest BCUT2D eigenvalue weighted by atomic mass is 10.3. The summed E-state index contributed by atoms with van der Waals surface area (Å²) in [5, 5.41) is 0.912. The lowest BCUT2D eigenvalue weighted by Crippen LogP contribution is -2.01. The van der Waals surface area contributed by atoms with E-state index in [0.29, 0.717) is 22.4 Å². The van der Waals surface area contributed by atoms with Gasteiger partial charge in [-0.2, -0.15) is 0 Å². The smallest absolute Gasteiger partial charge is 0.139 e. The van der Waals surface area contributed by atoms with Crippen LogP contribution in [0.3, 0.4) is 0 Å². The van der Waals surface area contributed by atoms with Crippen molar-refractivity contribution in [3.8, 4) is 5.75 Å². The van der Waals surface area contributed by atoms with E-state index in [-0.39, 0.29) is 3.74 Å². The van der Waals surface area contributed by atoms with Crippen LogP contribution in [0.4, 0.5) is 0 Å². The summed E-state index contributed by atoms with van der Waals surface area (Å²) in [6.45, 7) is 0.568. The Hall–Kier alpha value is 1.04. The van der Waals surface area contributed by atoms with Crippen molar-refractivity contribution in [1.29, 1.82) is 0 Å². The van der Waals surface area contributed by atoms with Crippen LogP contribution in [0, 0.1) is 0 Å². The number of alkyl halides is 2. The van der Waals surface area contributed by atoms with Crippen LogP contribution < -0.4 is 4.74 Å². The SMILES string of the molecule is Clc1c(Br)ccc(OCCC(Br)Br)c1Cl. The van der Waals surface area contributed by atoms with Crippen molar-refractivity contribution in [2.75, 3.05) is 6.61 Å². The van der Waals surface area contributed by atoms with E-state index in [0.717, 1.165) is 10.9 Å². The van der Waals surface area contributed by atoms with Gasteiger partial charge in [-0.05, 0) is 28.1 Å². The maximum absolute atomic E-state index is 6.00. The molecule has 0 bridgehead atoms. The van der Waals surface area contributed by atoms with Crippen LogP contribution in [-0.4, -0.2) is 10.3 Å². The van der Waals surface area contributed by atoms with E-state index in [1.165, 1.54) is 0 Å². The van der Waals surface area contributed by atoms with E-state index in [9.17, 15) is 0 Å². The van der Waals surface area contributed by atoms with Gasteiger partial charge in [-0.1, -0.05) is 55.1 Å². The van der Waals surface area contributed by atoms with Gasteiger partial charge < -0.3 is 4.74 Å². The van der Waals surface area contributed by atoms with Crippen LogP contribution in [0.2, 0.25) is 10.0 Å². The second-order valence-corrected chi connectivity index (χ2v) is 7.75. The zero-order chi connectivity index (χ0) is 11.4. The van der Waals surface area contributed by atoms with Crippen molar-refractivity contribution >= 4 is 71.0 Å². The zero-order valence-corrected chi connectivity index (χ0v) is 13.7. The maximum atomic E-state index is 6.00. The summed E-state index contributed by atoms with van der Waals surface area (Å²) in [6, 6.07) is 3.60. The molecule has 0 saturated heterocycles. The van der Waals surface area contributed by atoms with E-state index < -0.39 is 0 Å². The standard InChI is InChI=1S/C9H7Br3Cl2O/c10-5-1-2-6(9(14)8(5)13)15-4-3-7(11)12/h1-2,7H,3-4H2. The number of rotatable bonds is 4. The van der Waals surface area contributed by atoms with Gasteiger partial charge in [-0.25, -0.2) is 0 Å². The highest BCUT2D eigenvalue weighted by Crippen LogP contribution is 2.37. The Balaban J connectivity index is 2.66. The lowest BCUT2D eigenvalue weighted by molar-refractivity contribution is 0.317. The quantitative estimate of drug-likeness (QED) is 0.434. The first-order valence-corrected chi connectivity index (χ1v) is 7.45. The van der Waals surface area contributed by atoms with Crippen LogP contribution in [0.15, 0.2) is 16.6 Å². The molecule has 0 saturated carbocycles. The molecule has 0 atom stereocenters. The molecule has 0 fully saturated rings. The molecule has 0 aliphatic rings. The molecule has 15 heavy (non-hydrogen) atoms. The zero-order valence-electron chi connectivity index (χ0n) is 7.44. The van der Waals surface area contributed by atoms with E-state index in [2.05, 4.69) is 47.8 Å². The lowest BCUT2D eigenvalue weighted by Gasteiger charge is -2.10. The van der Waals surface area contributed by atoms with Gasteiger partial charge in [0.15, 0.2) is 0 Å². The highest BCUT2D eigenvalue weighted by atomic mass is 79.9. The highest BCUT2D eigenvalue weighted by molar-refractivity contribution is 9.24. The summed E-state index contributed by atoms with van der Waals surface area (Å²) in [7, 11) is 0. The summed E-state index contributed by atoms with van der Waals surface area (Å²) < 4.78 is 6.50. The minimum absolute atomic E-state index is 0.245. The summed E-state index contributed by atoms with van der Waals surface area (Å²) >= 11 is 22.0. The van der Waals surface area contributed by atoms with Crippen LogP contribution in [0.1, 0.15) is 6.42 Å². The van der Waals surface area contributed by atoms with Gasteiger partial charge in [-0.15, -0.1) is 0 Å². The maximum Gasteiger partial charge on any atom is 0.139 e. The van der Waals surface area contributed by atoms with Crippen LogP contribution in [-0.2, 0) is 0 Å². The van der Waals surface area contributed by atoms with Crippen molar-refractivity contribution < 1.29 is 4.74 Å². The summed E-state index contributed by atoms with van der Waals surface area (Å²) in [6.07, 6.45) is 0.837. The van der Waals surface area contributed by atoms with Crippen molar-refractivity contribution in [2.24, 2.45) is 0 Å². The average Bonchev–Trinajstić information content (AvgIpc) is 2.18. The van der Waals surface area contributed by atoms with Gasteiger partial charge in [0.2, 0.25) is 0 Å². The minimum atomic E-state index is 0.245. The van der Waals surface area contributed by atoms with Gasteiger partial charge in [0.25, 0.3) is 0 Å². The predicted octanol–water partition coefficient (Wildman–Crippen LogP) is 5.64. The fourth-order valence-corrected chi connectivity index (χ4v) is 2.07. The van der Waals surface area contributed by atoms with E-state index in [1.807, 2.05) is 6.07 Å². The fraction of sp³-hybridized carbons (Fsp3) is 0.333. The summed E-state index contributed by atoms with van der Waals surface area (Å²) in [5.74, 6) is 0.602. The molecule has 0 amide bonds. The molecular formula is C9H7Br3Cl2O. The first kappa shape index (κ1) is 14.1. The monoisotopic (exact) mass is 438 g/mol. The number of halogens is 5. The topological polar surface area (TPSA) is 9.23 Å². The van der Waals surface area contributed by atoms with E-state index >= 15 is 0 Å². The Bertz CT molecular complexity index is 344. The third-order valence-corrected chi connectivity index (χ3v) is 4.26. The van der Waals surface area contributed by atoms with Crippen LogP contribution in [0.5, 0.6) is 5.75 Å². The minimum Gasteiger partial charge on any atom is -0.492 e. The van der Waals surface area contributed by atoms with Gasteiger partial charge >= 0.3 is 0 Å². The molecule has 1 nitrogen and oxygen atoms in total. The predicted molar refractivity (Wildman–Crippen MR) is 75.9 cm³/mol. The molecule has 0 aliphatic carbocycles. The van der Waals surface area contributed by atoms with Crippen LogP contribution >= 0.6 is 71.0 Å². The molecule has 0 spiro atoms. The Kier molecular flexibility index (Phi) is 6.30. The molecule has 1 rings (SSSR count). The number of benzene rings is 1. The molecule has 0 aliphatic heterocycles. The van der Waals surface area contributed by atoms with Gasteiger partial charge in [-0.3, -0.25) is 0 Å². The highest BCUT2D eigenvalue weighted by Gasteiger charge is 2.09. The Labute approximate surface area is 124 Å². The molecule has 0 heterocycles. The third kappa shape index (κ3) is 4.43. The number of ether oxygens (including phenoxy) is 1. The average molecular weight is 442 g/mol. The summed E-state index contributed by atoms with van der Waals surface area (Å²) in [4.78, 5) is 0. The molecule has 6 heteroatoms. The molecule has 0 radical (unpaired) electrons. The van der Waals surface area contributed by atoms with Crippen molar-refractivity contribution in [2.45, 2.75) is 10.2 Å². The van der Waals surface area contributed by atoms with Crippen molar-refractivity contribution in [1.82, 2.24) is 0 Å². The largest absolute Gasteiger partial charge is 0.492 e. The normalized spacial score (nSPS) is 10.8. The van der Waals surface area contributed by atoms with Gasteiger partial charge in [0, 0.05) is 10.9 Å². The number of hydrogen-bond acceptors (Lipinski definition) is 1. The van der Waals surface area contributed by atoms with E-state index in [4.69, 9.17) is 27.9 Å². The molecule has 0 aromatic heterocycles. The van der Waals surface area contributed by atoms with E-state index in [1.54, 1.807) is 6.07 Å². The van der Waals surface area contributed by atoms with Gasteiger partial charge in [0.1, 0.15) is 10.8 Å². The molecule has 1 aromatic carbocycles. The molecule has 1 aromatic rings. The second-order valence-electron chi connectivity index (χ2n) is 2.70. The fourth-order valence-electron chi connectivity index (χ4n) is 0.878. The summed E-state index contributed by atoms with van der Waals surface area (Å²) in [5.41, 5.74) is 0. The first-order valence-electron chi connectivity index (χ1n) is 4.07. The number of hydrogen-bond donors (Lipinski definition) is 0. The third-order valence-electron chi connectivity index (χ3n) is 1.59. The van der Waals surface area contributed by atoms with Crippen molar-refractivity contribution in [3.63, 3.8) is 0 Å². The molecular weight excluding hydrogens is 435 g/mol. The molecule has 0 N–H and O–H groups in total. The molecule has 84 valence electrons. The van der Waals surface area contributed by atoms with Crippen molar-refractivity contribution in [3.05, 3.63) is 26.7 Å². The molecule has 0 unspecified atom stereocenters. The van der Waals surface area contributed by atoms with Gasteiger partial charge in [0.05, 0.1) is 15.4 Å².